The van der Waals surface area contributed by atoms with Crippen molar-refractivity contribution < 1.29 is 19.1 Å². The maximum Gasteiger partial charge on any atom is 0.331 e. The van der Waals surface area contributed by atoms with E-state index in [1.54, 1.807) is 6.08 Å². The summed E-state index contributed by atoms with van der Waals surface area (Å²) in [4.78, 5) is 23.6. The number of amides is 1. The maximum atomic E-state index is 11.9. The Balaban J connectivity index is 1.76. The van der Waals surface area contributed by atoms with Crippen molar-refractivity contribution in [3.8, 4) is 5.75 Å². The van der Waals surface area contributed by atoms with Crippen LogP contribution >= 0.6 is 0 Å². The van der Waals surface area contributed by atoms with E-state index in [0.717, 1.165) is 16.9 Å². The van der Waals surface area contributed by atoms with Crippen LogP contribution in [0.3, 0.4) is 0 Å². The number of carbonyl (C=O) groups is 2. The summed E-state index contributed by atoms with van der Waals surface area (Å²) in [6.45, 7) is 4.08. The van der Waals surface area contributed by atoms with E-state index in [1.165, 1.54) is 6.08 Å². The largest absolute Gasteiger partial charge is 0.494 e. The van der Waals surface area contributed by atoms with Crippen molar-refractivity contribution in [1.29, 1.82) is 0 Å². The molecule has 0 saturated carbocycles. The third kappa shape index (κ3) is 6.43. The first-order valence-electron chi connectivity index (χ1n) is 8.50. The van der Waals surface area contributed by atoms with Gasteiger partial charge in [-0.3, -0.25) is 4.79 Å². The number of hydrogen-bond acceptors (Lipinski definition) is 4. The Kier molecular flexibility index (Phi) is 7.43. The van der Waals surface area contributed by atoms with Crippen LogP contribution in [0, 0.1) is 0 Å². The molecule has 5 heteroatoms. The molecule has 0 aromatic heterocycles. The van der Waals surface area contributed by atoms with Gasteiger partial charge >= 0.3 is 5.97 Å². The van der Waals surface area contributed by atoms with Crippen LogP contribution in [0.1, 0.15) is 31.0 Å². The van der Waals surface area contributed by atoms with Gasteiger partial charge in [0, 0.05) is 6.08 Å². The predicted octanol–water partition coefficient (Wildman–Crippen LogP) is 3.52. The molecule has 0 aliphatic rings. The molecule has 2 aromatic rings. The van der Waals surface area contributed by atoms with Crippen molar-refractivity contribution in [1.82, 2.24) is 5.32 Å². The molecule has 1 amide bonds. The second-order valence-corrected chi connectivity index (χ2v) is 5.64. The lowest BCUT2D eigenvalue weighted by Crippen LogP contribution is -2.30. The Morgan fingerprint density at radius 3 is 2.42 bits per heavy atom. The molecule has 0 unspecified atom stereocenters. The number of nitrogens with one attached hydrogen (secondary N) is 1. The number of esters is 1. The van der Waals surface area contributed by atoms with Gasteiger partial charge in [-0.25, -0.2) is 4.79 Å². The fourth-order valence-electron chi connectivity index (χ4n) is 2.30. The monoisotopic (exact) mass is 353 g/mol. The summed E-state index contributed by atoms with van der Waals surface area (Å²) in [5.41, 5.74) is 1.83. The minimum absolute atomic E-state index is 0.151. The SMILES string of the molecule is CCOc1ccc(/C=C/C(=O)OCC(=O)N[C@H](C)c2ccccc2)cc1. The van der Waals surface area contributed by atoms with E-state index in [9.17, 15) is 9.59 Å². The van der Waals surface area contributed by atoms with Crippen LogP contribution in [-0.2, 0) is 14.3 Å². The average Bonchev–Trinajstić information content (AvgIpc) is 2.66. The first-order valence-corrected chi connectivity index (χ1v) is 8.50. The van der Waals surface area contributed by atoms with Crippen LogP contribution in [0.25, 0.3) is 6.08 Å². The van der Waals surface area contributed by atoms with Crippen molar-refractivity contribution in [2.45, 2.75) is 19.9 Å². The van der Waals surface area contributed by atoms with Crippen molar-refractivity contribution >= 4 is 18.0 Å². The summed E-state index contributed by atoms with van der Waals surface area (Å²) in [5, 5.41) is 2.79. The zero-order chi connectivity index (χ0) is 18.8. The minimum Gasteiger partial charge on any atom is -0.494 e. The highest BCUT2D eigenvalue weighted by Crippen LogP contribution is 2.13. The lowest BCUT2D eigenvalue weighted by molar-refractivity contribution is -0.144. The number of ether oxygens (including phenoxy) is 2. The molecule has 0 radical (unpaired) electrons. The van der Waals surface area contributed by atoms with Gasteiger partial charge < -0.3 is 14.8 Å². The minimum atomic E-state index is -0.568. The van der Waals surface area contributed by atoms with Gasteiger partial charge in [0.15, 0.2) is 6.61 Å². The van der Waals surface area contributed by atoms with Crippen molar-refractivity contribution in [3.63, 3.8) is 0 Å². The molecular formula is C21H23NO4. The van der Waals surface area contributed by atoms with Gasteiger partial charge in [0.1, 0.15) is 5.75 Å². The Morgan fingerprint density at radius 2 is 1.77 bits per heavy atom. The van der Waals surface area contributed by atoms with E-state index in [4.69, 9.17) is 9.47 Å². The van der Waals surface area contributed by atoms with Crippen LogP contribution < -0.4 is 10.1 Å². The van der Waals surface area contributed by atoms with Crippen LogP contribution in [0.5, 0.6) is 5.75 Å². The predicted molar refractivity (Wildman–Crippen MR) is 101 cm³/mol. The Hall–Kier alpha value is -3.08. The molecule has 0 bridgehead atoms. The summed E-state index contributed by atoms with van der Waals surface area (Å²) in [7, 11) is 0. The molecule has 136 valence electrons. The number of rotatable bonds is 8. The normalized spacial score (nSPS) is 11.8. The van der Waals surface area contributed by atoms with Crippen LogP contribution in [0.4, 0.5) is 0 Å². The zero-order valence-corrected chi connectivity index (χ0v) is 15.0. The van der Waals surface area contributed by atoms with E-state index in [1.807, 2.05) is 68.4 Å². The third-order valence-corrected chi connectivity index (χ3v) is 3.63. The molecule has 0 fully saturated rings. The first kappa shape index (κ1) is 19.2. The quantitative estimate of drug-likeness (QED) is 0.582. The number of benzene rings is 2. The zero-order valence-electron chi connectivity index (χ0n) is 15.0. The summed E-state index contributed by atoms with van der Waals surface area (Å²) >= 11 is 0. The van der Waals surface area contributed by atoms with Gasteiger partial charge in [-0.05, 0) is 43.2 Å². The molecule has 0 aliphatic heterocycles. The first-order chi connectivity index (χ1) is 12.6. The molecule has 0 saturated heterocycles. The Bertz CT molecular complexity index is 738. The summed E-state index contributed by atoms with van der Waals surface area (Å²) in [6, 6.07) is 16.8. The van der Waals surface area contributed by atoms with Crippen LogP contribution in [0.2, 0.25) is 0 Å². The highest BCUT2D eigenvalue weighted by atomic mass is 16.5. The number of hydrogen-bond donors (Lipinski definition) is 1. The highest BCUT2D eigenvalue weighted by Gasteiger charge is 2.10. The molecule has 2 aromatic carbocycles. The smallest absolute Gasteiger partial charge is 0.331 e. The van der Waals surface area contributed by atoms with Gasteiger partial charge in [-0.15, -0.1) is 0 Å². The highest BCUT2D eigenvalue weighted by molar-refractivity contribution is 5.89. The fourth-order valence-corrected chi connectivity index (χ4v) is 2.30. The average molecular weight is 353 g/mol. The van der Waals surface area contributed by atoms with Crippen LogP contribution in [0.15, 0.2) is 60.7 Å². The number of carbonyl (C=O) groups excluding carboxylic acids is 2. The third-order valence-electron chi connectivity index (χ3n) is 3.63. The molecule has 2 rings (SSSR count). The van der Waals surface area contributed by atoms with Crippen molar-refractivity contribution in [2.24, 2.45) is 0 Å². The fraction of sp³-hybridized carbons (Fsp3) is 0.238. The Morgan fingerprint density at radius 1 is 1.08 bits per heavy atom. The van der Waals surface area contributed by atoms with Crippen molar-refractivity contribution in [3.05, 3.63) is 71.8 Å². The lowest BCUT2D eigenvalue weighted by atomic mass is 10.1. The summed E-state index contributed by atoms with van der Waals surface area (Å²) in [5.74, 6) is -0.137. The molecule has 0 spiro atoms. The lowest BCUT2D eigenvalue weighted by Gasteiger charge is -2.13. The van der Waals surface area contributed by atoms with E-state index in [2.05, 4.69) is 5.32 Å². The molecule has 5 nitrogen and oxygen atoms in total. The van der Waals surface area contributed by atoms with Crippen LogP contribution in [-0.4, -0.2) is 25.1 Å². The molecule has 26 heavy (non-hydrogen) atoms. The summed E-state index contributed by atoms with van der Waals surface area (Å²) < 4.78 is 10.3. The van der Waals surface area contributed by atoms with E-state index in [-0.39, 0.29) is 18.6 Å². The topological polar surface area (TPSA) is 64.6 Å². The van der Waals surface area contributed by atoms with E-state index >= 15 is 0 Å². The van der Waals surface area contributed by atoms with Gasteiger partial charge in [0.05, 0.1) is 12.6 Å². The van der Waals surface area contributed by atoms with Gasteiger partial charge in [-0.1, -0.05) is 42.5 Å². The second kappa shape index (κ2) is 10.0. The molecule has 1 N–H and O–H groups in total. The van der Waals surface area contributed by atoms with Gasteiger partial charge in [0.25, 0.3) is 5.91 Å². The standard InChI is InChI=1S/C21H23NO4/c1-3-25-19-12-9-17(10-13-19)11-14-21(24)26-15-20(23)22-16(2)18-7-5-4-6-8-18/h4-14,16H,3,15H2,1-2H3,(H,22,23)/b14-11+/t16-/m1/s1. The van der Waals surface area contributed by atoms with E-state index < -0.39 is 5.97 Å². The van der Waals surface area contributed by atoms with Gasteiger partial charge in [-0.2, -0.15) is 0 Å². The second-order valence-electron chi connectivity index (χ2n) is 5.64. The molecule has 1 atom stereocenters. The Labute approximate surface area is 153 Å². The summed E-state index contributed by atoms with van der Waals surface area (Å²) in [6.07, 6.45) is 2.92. The maximum absolute atomic E-state index is 11.9. The van der Waals surface area contributed by atoms with E-state index in [0.29, 0.717) is 6.61 Å². The molecule has 0 heterocycles. The molecular weight excluding hydrogens is 330 g/mol. The van der Waals surface area contributed by atoms with Gasteiger partial charge in [0.2, 0.25) is 0 Å². The molecule has 0 aliphatic carbocycles. The van der Waals surface area contributed by atoms with Crippen molar-refractivity contribution in [2.75, 3.05) is 13.2 Å².